The van der Waals surface area contributed by atoms with Crippen molar-refractivity contribution < 1.29 is 18.9 Å². The maximum atomic E-state index is 12.9. The monoisotopic (exact) mass is 339 g/mol. The molecule has 25 heavy (non-hydrogen) atoms. The minimum Gasteiger partial charge on any atom is -0.452 e. The van der Waals surface area contributed by atoms with E-state index in [2.05, 4.69) is 10.3 Å². The fraction of sp³-hybridized carbons (Fsp3) is 0.312. The van der Waals surface area contributed by atoms with Crippen molar-refractivity contribution in [3.8, 4) is 0 Å². The molecule has 1 fully saturated rings. The number of carbonyl (C=O) groups excluding carboxylic acids is 2. The van der Waals surface area contributed by atoms with E-state index in [1.165, 1.54) is 12.3 Å². The summed E-state index contributed by atoms with van der Waals surface area (Å²) in [4.78, 5) is 30.3. The molecule has 9 heteroatoms. The summed E-state index contributed by atoms with van der Waals surface area (Å²) in [7, 11) is 1.46. The van der Waals surface area contributed by atoms with Gasteiger partial charge in [0.05, 0.1) is 17.6 Å². The van der Waals surface area contributed by atoms with E-state index in [9.17, 15) is 13.9 Å². The van der Waals surface area contributed by atoms with Crippen molar-refractivity contribution in [2.45, 2.75) is 18.8 Å². The number of para-hydroxylation sites is 1. The molecule has 1 aliphatic heterocycles. The molecular weight excluding hydrogens is 323 g/mol. The summed E-state index contributed by atoms with van der Waals surface area (Å²) in [6.07, 6.45) is 2.97. The van der Waals surface area contributed by atoms with Gasteiger partial charge in [0.25, 0.3) is 5.91 Å². The lowest BCUT2D eigenvalue weighted by atomic mass is 9.86. The minimum atomic E-state index is -0.430. The summed E-state index contributed by atoms with van der Waals surface area (Å²) in [6.45, 7) is 0.395. The van der Waals surface area contributed by atoms with Gasteiger partial charge in [0.15, 0.2) is 0 Å². The number of amides is 2. The van der Waals surface area contributed by atoms with Gasteiger partial charge in [-0.2, -0.15) is 0 Å². The first kappa shape index (κ1) is 17.4. The molecule has 0 saturated carbocycles. The first-order valence-electron chi connectivity index (χ1n) is 8.02. The number of hydrogen-bond donors (Lipinski definition) is 2. The molecule has 1 aromatic carbocycles. The van der Waals surface area contributed by atoms with E-state index >= 15 is 0 Å². The summed E-state index contributed by atoms with van der Waals surface area (Å²) in [5.74, 6) is -0.980. The quantitative estimate of drug-likeness (QED) is 0.736. The number of halogens is 1. The second kappa shape index (κ2) is 7.65. The van der Waals surface area contributed by atoms with E-state index in [0.29, 0.717) is 42.5 Å². The molecule has 0 aliphatic carbocycles. The Morgan fingerprint density at radius 2 is 2.24 bits per heavy atom. The molecule has 1 saturated heterocycles. The molecule has 2 N–H and O–H groups in total. The van der Waals surface area contributed by atoms with Gasteiger partial charge in [-0.3, -0.25) is 14.6 Å². The fourth-order valence-electron chi connectivity index (χ4n) is 3.09. The second-order valence-electron chi connectivity index (χ2n) is 5.84. The lowest BCUT2D eigenvalue weighted by molar-refractivity contribution is -0.129. The van der Waals surface area contributed by atoms with Crippen molar-refractivity contribution in [1.29, 1.82) is 0 Å². The Morgan fingerprint density at radius 1 is 1.40 bits per heavy atom. The van der Waals surface area contributed by atoms with Gasteiger partial charge in [-0.1, -0.05) is 18.2 Å². The van der Waals surface area contributed by atoms with Crippen LogP contribution in [0.25, 0.3) is 10.9 Å². The molecule has 6 nitrogen and oxygen atoms in total. The van der Waals surface area contributed by atoms with Crippen LogP contribution in [-0.2, 0) is 4.79 Å². The average Bonchev–Trinajstić information content (AvgIpc) is 3.13. The maximum absolute atomic E-state index is 12.9. The molecule has 0 bridgehead atoms. The molecule has 1 aromatic heterocycles. The molecule has 1 atom stereocenters. The summed E-state index contributed by atoms with van der Waals surface area (Å²) < 4.78 is 12.9. The summed E-state index contributed by atoms with van der Waals surface area (Å²) in [5, 5.41) is 12.3. The standard InChI is InChI=1S/C16H16B2FN3O3/c19-17-12-4-1-3-10-11(6-7-20-15(10)12)16(24)21-9-14(23)22-8-2-5-13(22)18-25/h1,3-4,6-7,13,25H,2,5,8-9H2,(H,21,24). The van der Waals surface area contributed by atoms with Gasteiger partial charge >= 0.3 is 15.0 Å². The highest BCUT2D eigenvalue weighted by atomic mass is 19.1. The van der Waals surface area contributed by atoms with Crippen LogP contribution in [0.5, 0.6) is 0 Å². The third-order valence-corrected chi connectivity index (χ3v) is 4.36. The Kier molecular flexibility index (Phi) is 5.33. The van der Waals surface area contributed by atoms with Crippen molar-refractivity contribution >= 4 is 43.2 Å². The van der Waals surface area contributed by atoms with Crippen LogP contribution < -0.4 is 10.8 Å². The Bertz CT molecular complexity index is 805. The molecule has 2 heterocycles. The summed E-state index contributed by atoms with van der Waals surface area (Å²) in [6, 6.07) is 6.43. The van der Waals surface area contributed by atoms with E-state index in [4.69, 9.17) is 5.02 Å². The van der Waals surface area contributed by atoms with Gasteiger partial charge in [0.2, 0.25) is 5.91 Å². The molecule has 2 radical (unpaired) electrons. The molecule has 1 aliphatic rings. The summed E-state index contributed by atoms with van der Waals surface area (Å²) >= 11 is 0. The molecule has 3 rings (SSSR count). The predicted molar refractivity (Wildman–Crippen MR) is 93.3 cm³/mol. The van der Waals surface area contributed by atoms with Crippen LogP contribution in [0.15, 0.2) is 30.5 Å². The van der Waals surface area contributed by atoms with E-state index in [1.54, 1.807) is 23.1 Å². The second-order valence-corrected chi connectivity index (χ2v) is 5.84. The topological polar surface area (TPSA) is 82.5 Å². The lowest BCUT2D eigenvalue weighted by Crippen LogP contribution is -2.44. The van der Waals surface area contributed by atoms with Crippen LogP contribution in [0.1, 0.15) is 23.2 Å². The number of fused-ring (bicyclic) bond motifs is 1. The number of rotatable bonds is 5. The molecule has 2 amide bonds. The lowest BCUT2D eigenvalue weighted by Gasteiger charge is -2.22. The minimum absolute atomic E-state index is 0.165. The Balaban J connectivity index is 1.74. The number of carbonyl (C=O) groups is 2. The smallest absolute Gasteiger partial charge is 0.394 e. The summed E-state index contributed by atoms with van der Waals surface area (Å²) in [5.41, 5.74) is 1.01. The first-order chi connectivity index (χ1) is 12.2. The molecule has 0 spiro atoms. The first-order valence-corrected chi connectivity index (χ1v) is 8.02. The van der Waals surface area contributed by atoms with Crippen molar-refractivity contribution in [2.24, 2.45) is 0 Å². The van der Waals surface area contributed by atoms with Crippen LogP contribution in [-0.4, -0.2) is 60.8 Å². The van der Waals surface area contributed by atoms with Gasteiger partial charge in [0.1, 0.15) is 0 Å². The third kappa shape index (κ3) is 3.51. The van der Waals surface area contributed by atoms with E-state index in [1.807, 2.05) is 0 Å². The molecule has 2 aromatic rings. The maximum Gasteiger partial charge on any atom is 0.394 e. The largest absolute Gasteiger partial charge is 0.452 e. The van der Waals surface area contributed by atoms with Crippen molar-refractivity contribution in [1.82, 2.24) is 15.2 Å². The highest BCUT2D eigenvalue weighted by molar-refractivity contribution is 6.50. The number of nitrogens with zero attached hydrogens (tertiary/aromatic N) is 2. The fourth-order valence-corrected chi connectivity index (χ4v) is 3.09. The number of nitrogens with one attached hydrogen (secondary N) is 1. The molecule has 1 unspecified atom stereocenters. The Hall–Kier alpha value is -2.41. The van der Waals surface area contributed by atoms with Crippen LogP contribution in [0.2, 0.25) is 0 Å². The average molecular weight is 339 g/mol. The predicted octanol–water partition coefficient (Wildman–Crippen LogP) is -0.261. The number of likely N-dealkylation sites (tertiary alicyclic amines) is 1. The number of hydrogen-bond acceptors (Lipinski definition) is 4. The Morgan fingerprint density at radius 3 is 3.00 bits per heavy atom. The van der Waals surface area contributed by atoms with Crippen molar-refractivity contribution in [3.63, 3.8) is 0 Å². The highest BCUT2D eigenvalue weighted by Crippen LogP contribution is 2.16. The zero-order chi connectivity index (χ0) is 17.8. The van der Waals surface area contributed by atoms with Gasteiger partial charge < -0.3 is 19.6 Å². The molecule has 126 valence electrons. The number of pyridine rings is 1. The third-order valence-electron chi connectivity index (χ3n) is 4.36. The SMILES string of the molecule is O=C(NCC(=O)N1CCCC1[B]O)c1ccnc2c([B]F)cccc12. The van der Waals surface area contributed by atoms with Gasteiger partial charge in [0, 0.05) is 24.1 Å². The van der Waals surface area contributed by atoms with Crippen molar-refractivity contribution in [3.05, 3.63) is 36.0 Å². The van der Waals surface area contributed by atoms with E-state index < -0.39 is 5.91 Å². The zero-order valence-electron chi connectivity index (χ0n) is 13.5. The van der Waals surface area contributed by atoms with E-state index in [-0.39, 0.29) is 18.4 Å². The normalized spacial score (nSPS) is 16.7. The number of benzene rings is 1. The van der Waals surface area contributed by atoms with Crippen LogP contribution in [0.4, 0.5) is 4.32 Å². The van der Waals surface area contributed by atoms with Crippen LogP contribution in [0.3, 0.4) is 0 Å². The Labute approximate surface area is 146 Å². The van der Waals surface area contributed by atoms with Crippen LogP contribution in [0, 0.1) is 0 Å². The van der Waals surface area contributed by atoms with Gasteiger partial charge in [-0.05, 0) is 24.4 Å². The molecular formula is C16H16B2FN3O3. The van der Waals surface area contributed by atoms with Gasteiger partial charge in [-0.25, -0.2) is 0 Å². The number of aromatic nitrogens is 1. The zero-order valence-corrected chi connectivity index (χ0v) is 13.5. The van der Waals surface area contributed by atoms with Gasteiger partial charge in [-0.15, -0.1) is 0 Å². The van der Waals surface area contributed by atoms with E-state index in [0.717, 1.165) is 13.9 Å². The highest BCUT2D eigenvalue weighted by Gasteiger charge is 2.29. The van der Waals surface area contributed by atoms with Crippen LogP contribution >= 0.6 is 0 Å². The van der Waals surface area contributed by atoms with Crippen molar-refractivity contribution in [2.75, 3.05) is 13.1 Å².